The Hall–Kier alpha value is -3.20. The van der Waals surface area contributed by atoms with Gasteiger partial charge in [0.05, 0.1) is 12.3 Å². The van der Waals surface area contributed by atoms with Crippen molar-refractivity contribution in [1.82, 2.24) is 20.1 Å². The lowest BCUT2D eigenvalue weighted by molar-refractivity contribution is -0.113. The van der Waals surface area contributed by atoms with Gasteiger partial charge in [-0.1, -0.05) is 23.9 Å². The Morgan fingerprint density at radius 1 is 1.10 bits per heavy atom. The first-order chi connectivity index (χ1) is 14.9. The smallest absolute Gasteiger partial charge is 0.251 e. The number of hydrogen-bond acceptors (Lipinski definition) is 5. The highest BCUT2D eigenvalue weighted by Gasteiger charge is 2.15. The van der Waals surface area contributed by atoms with Gasteiger partial charge in [-0.2, -0.15) is 0 Å². The maximum Gasteiger partial charge on any atom is 0.251 e. The van der Waals surface area contributed by atoms with Crippen LogP contribution in [0, 0.1) is 19.7 Å². The van der Waals surface area contributed by atoms with E-state index in [0.29, 0.717) is 23.1 Å². The summed E-state index contributed by atoms with van der Waals surface area (Å²) in [5.74, 6) is -0.0859. The van der Waals surface area contributed by atoms with Crippen LogP contribution in [0.2, 0.25) is 0 Å². The molecule has 0 spiro atoms. The summed E-state index contributed by atoms with van der Waals surface area (Å²) in [5.41, 5.74) is 3.31. The van der Waals surface area contributed by atoms with E-state index in [0.717, 1.165) is 16.8 Å². The molecule has 0 aliphatic heterocycles. The monoisotopic (exact) mass is 441 g/mol. The third kappa shape index (κ3) is 5.69. The molecule has 0 aliphatic carbocycles. The number of anilines is 1. The van der Waals surface area contributed by atoms with Gasteiger partial charge in [0, 0.05) is 17.8 Å². The van der Waals surface area contributed by atoms with Crippen LogP contribution < -0.4 is 10.6 Å². The fraction of sp³-hybridized carbons (Fsp3) is 0.273. The number of amides is 2. The van der Waals surface area contributed by atoms with Gasteiger partial charge in [-0.05, 0) is 62.2 Å². The summed E-state index contributed by atoms with van der Waals surface area (Å²) in [4.78, 5) is 24.6. The molecular formula is C22H24FN5O2S. The van der Waals surface area contributed by atoms with Gasteiger partial charge in [0.1, 0.15) is 5.82 Å². The van der Waals surface area contributed by atoms with Crippen molar-refractivity contribution in [3.05, 3.63) is 70.8 Å². The van der Waals surface area contributed by atoms with Gasteiger partial charge in [-0.15, -0.1) is 10.2 Å². The average molecular weight is 442 g/mol. The number of thioether (sulfide) groups is 1. The van der Waals surface area contributed by atoms with Crippen LogP contribution in [0.1, 0.15) is 34.2 Å². The predicted octanol–water partition coefficient (Wildman–Crippen LogP) is 3.71. The number of hydrogen-bond donors (Lipinski definition) is 2. The summed E-state index contributed by atoms with van der Waals surface area (Å²) in [6.45, 7) is 6.68. The Morgan fingerprint density at radius 3 is 2.55 bits per heavy atom. The predicted molar refractivity (Wildman–Crippen MR) is 119 cm³/mol. The zero-order valence-electron chi connectivity index (χ0n) is 17.6. The third-order valence-electron chi connectivity index (χ3n) is 4.83. The maximum absolute atomic E-state index is 13.0. The maximum atomic E-state index is 13.0. The Balaban J connectivity index is 1.58. The van der Waals surface area contributed by atoms with Crippen molar-refractivity contribution in [1.29, 1.82) is 0 Å². The van der Waals surface area contributed by atoms with Crippen molar-refractivity contribution in [2.24, 2.45) is 0 Å². The van der Waals surface area contributed by atoms with Crippen LogP contribution in [-0.2, 0) is 17.9 Å². The van der Waals surface area contributed by atoms with Gasteiger partial charge >= 0.3 is 0 Å². The third-order valence-corrected chi connectivity index (χ3v) is 5.80. The van der Waals surface area contributed by atoms with Crippen LogP contribution >= 0.6 is 11.8 Å². The highest BCUT2D eigenvalue weighted by atomic mass is 32.2. The van der Waals surface area contributed by atoms with E-state index in [1.54, 1.807) is 0 Å². The van der Waals surface area contributed by atoms with Crippen LogP contribution in [0.3, 0.4) is 0 Å². The molecule has 0 saturated carbocycles. The van der Waals surface area contributed by atoms with Gasteiger partial charge < -0.3 is 15.2 Å². The Morgan fingerprint density at radius 2 is 1.84 bits per heavy atom. The number of nitrogens with zero attached hydrogens (tertiary/aromatic N) is 3. The largest absolute Gasteiger partial charge is 0.345 e. The summed E-state index contributed by atoms with van der Waals surface area (Å²) >= 11 is 1.29. The molecule has 31 heavy (non-hydrogen) atoms. The Bertz CT molecular complexity index is 1080. The number of rotatable bonds is 8. The lowest BCUT2D eigenvalue weighted by atomic mass is 10.1. The first kappa shape index (κ1) is 22.5. The number of aryl methyl sites for hydroxylation is 1. The summed E-state index contributed by atoms with van der Waals surface area (Å²) in [6.07, 6.45) is 0. The molecule has 0 atom stereocenters. The molecule has 0 aliphatic rings. The van der Waals surface area contributed by atoms with Crippen molar-refractivity contribution < 1.29 is 14.0 Å². The fourth-order valence-electron chi connectivity index (χ4n) is 2.94. The highest BCUT2D eigenvalue weighted by molar-refractivity contribution is 7.99. The molecule has 0 bridgehead atoms. The van der Waals surface area contributed by atoms with Gasteiger partial charge in [-0.3, -0.25) is 9.59 Å². The first-order valence-corrected chi connectivity index (χ1v) is 10.8. The van der Waals surface area contributed by atoms with E-state index in [9.17, 15) is 14.0 Å². The summed E-state index contributed by atoms with van der Waals surface area (Å²) < 4.78 is 14.9. The normalized spacial score (nSPS) is 10.7. The lowest BCUT2D eigenvalue weighted by Gasteiger charge is -2.11. The first-order valence-electron chi connectivity index (χ1n) is 9.83. The summed E-state index contributed by atoms with van der Waals surface area (Å²) in [5, 5.41) is 14.6. The second kappa shape index (κ2) is 10.2. The lowest BCUT2D eigenvalue weighted by Crippen LogP contribution is -2.24. The van der Waals surface area contributed by atoms with Crippen LogP contribution in [0.4, 0.5) is 10.1 Å². The molecule has 0 saturated heterocycles. The molecule has 7 nitrogen and oxygen atoms in total. The molecule has 3 aromatic rings. The van der Waals surface area contributed by atoms with E-state index in [2.05, 4.69) is 20.8 Å². The van der Waals surface area contributed by atoms with E-state index in [1.165, 1.54) is 36.0 Å². The van der Waals surface area contributed by atoms with E-state index in [-0.39, 0.29) is 24.1 Å². The minimum absolute atomic E-state index is 0.129. The molecule has 162 valence electrons. The average Bonchev–Trinajstić information content (AvgIpc) is 3.16. The topological polar surface area (TPSA) is 88.9 Å². The number of carbonyl (C=O) groups excluding carboxylic acids is 2. The molecule has 2 N–H and O–H groups in total. The molecule has 0 unspecified atom stereocenters. The van der Waals surface area contributed by atoms with E-state index in [4.69, 9.17) is 0 Å². The molecule has 1 aromatic heterocycles. The van der Waals surface area contributed by atoms with Gasteiger partial charge in [-0.25, -0.2) is 4.39 Å². The molecule has 2 aromatic carbocycles. The molecule has 0 fully saturated rings. The standard InChI is InChI=1S/C22H24FN5O2S/c1-4-28-19(12-24-21(30)16-8-10-17(23)11-9-16)26-27-22(28)31-13-20(29)25-18-7-5-6-14(2)15(18)3/h5-11H,4,12-13H2,1-3H3,(H,24,30)(H,25,29). The molecule has 0 radical (unpaired) electrons. The van der Waals surface area contributed by atoms with E-state index < -0.39 is 5.82 Å². The Labute approximate surface area is 184 Å². The molecule has 9 heteroatoms. The quantitative estimate of drug-likeness (QED) is 0.520. The second-order valence-electron chi connectivity index (χ2n) is 6.92. The highest BCUT2D eigenvalue weighted by Crippen LogP contribution is 2.20. The zero-order valence-corrected chi connectivity index (χ0v) is 18.4. The van der Waals surface area contributed by atoms with Crippen LogP contribution in [0.15, 0.2) is 47.6 Å². The van der Waals surface area contributed by atoms with Gasteiger partial charge in [0.2, 0.25) is 5.91 Å². The van der Waals surface area contributed by atoms with Gasteiger partial charge in [0.25, 0.3) is 5.91 Å². The van der Waals surface area contributed by atoms with Crippen molar-refractivity contribution in [3.8, 4) is 0 Å². The van der Waals surface area contributed by atoms with Gasteiger partial charge in [0.15, 0.2) is 11.0 Å². The zero-order chi connectivity index (χ0) is 22.4. The molecular weight excluding hydrogens is 417 g/mol. The van der Waals surface area contributed by atoms with Crippen molar-refractivity contribution >= 4 is 29.3 Å². The van der Waals surface area contributed by atoms with Crippen molar-refractivity contribution in [2.75, 3.05) is 11.1 Å². The number of carbonyl (C=O) groups is 2. The van der Waals surface area contributed by atoms with Crippen molar-refractivity contribution in [2.45, 2.75) is 39.0 Å². The second-order valence-corrected chi connectivity index (χ2v) is 7.86. The van der Waals surface area contributed by atoms with Crippen LogP contribution in [-0.4, -0.2) is 32.3 Å². The minimum atomic E-state index is -0.398. The fourth-order valence-corrected chi connectivity index (χ4v) is 3.76. The van der Waals surface area contributed by atoms with Crippen LogP contribution in [0.5, 0.6) is 0 Å². The number of benzene rings is 2. The summed E-state index contributed by atoms with van der Waals surface area (Å²) in [6, 6.07) is 11.1. The Kier molecular flexibility index (Phi) is 7.41. The summed E-state index contributed by atoms with van der Waals surface area (Å²) in [7, 11) is 0. The number of halogens is 1. The number of nitrogens with one attached hydrogen (secondary N) is 2. The van der Waals surface area contributed by atoms with Crippen molar-refractivity contribution in [3.63, 3.8) is 0 Å². The molecule has 2 amide bonds. The SMILES string of the molecule is CCn1c(CNC(=O)c2ccc(F)cc2)nnc1SCC(=O)Nc1cccc(C)c1C. The van der Waals surface area contributed by atoms with E-state index >= 15 is 0 Å². The molecule has 1 heterocycles. The number of aromatic nitrogens is 3. The molecule has 3 rings (SSSR count). The van der Waals surface area contributed by atoms with Crippen LogP contribution in [0.25, 0.3) is 0 Å². The van der Waals surface area contributed by atoms with E-state index in [1.807, 2.05) is 43.5 Å². The minimum Gasteiger partial charge on any atom is -0.345 e.